The number of hydrogen-bond acceptors (Lipinski definition) is 4. The Morgan fingerprint density at radius 2 is 1.66 bits per heavy atom. The van der Waals surface area contributed by atoms with Crippen molar-refractivity contribution in [1.82, 2.24) is 14.8 Å². The summed E-state index contributed by atoms with van der Waals surface area (Å²) in [6.45, 7) is 0. The van der Waals surface area contributed by atoms with Crippen LogP contribution in [0.15, 0.2) is 42.6 Å². The molecule has 0 spiro atoms. The predicted octanol–water partition coefficient (Wildman–Crippen LogP) is 3.32. The number of benzene rings is 2. The zero-order valence-corrected chi connectivity index (χ0v) is 18.1. The van der Waals surface area contributed by atoms with E-state index in [0.717, 1.165) is 17.7 Å². The first kappa shape index (κ1) is 21.8. The maximum absolute atomic E-state index is 13.8. The van der Waals surface area contributed by atoms with Gasteiger partial charge in [-0.05, 0) is 29.3 Å². The average Bonchev–Trinajstić information content (AvgIpc) is 3.15. The SMILES string of the molecule is CN1C(=O)[C@H](Cc2c[nH]c3cc(F)cc([N+](=O)[O-])c23)N(C)C(=O)[C@@H]1Cc1ccc(Cl)cc1. The summed E-state index contributed by atoms with van der Waals surface area (Å²) in [5, 5.41) is 12.3. The standard InChI is InChI=1S/C22H20ClFN4O4/c1-26-18(7-12-3-5-14(23)6-4-12)21(29)27(2)19(22(26)30)8-13-11-25-16-9-15(24)10-17(20(13)16)28(31)32/h3-6,9-11,18-19,25H,7-8H2,1-2H3/t18-,19-/m0/s1. The van der Waals surface area contributed by atoms with Gasteiger partial charge in [-0.3, -0.25) is 19.7 Å². The normalized spacial score (nSPS) is 19.1. The first-order chi connectivity index (χ1) is 15.2. The quantitative estimate of drug-likeness (QED) is 0.468. The molecule has 32 heavy (non-hydrogen) atoms. The van der Waals surface area contributed by atoms with Crippen LogP contribution < -0.4 is 0 Å². The van der Waals surface area contributed by atoms with Crippen molar-refractivity contribution in [2.75, 3.05) is 14.1 Å². The van der Waals surface area contributed by atoms with Gasteiger partial charge in [0.25, 0.3) is 5.69 Å². The van der Waals surface area contributed by atoms with Crippen LogP contribution in [0.2, 0.25) is 5.02 Å². The number of piperazine rings is 1. The van der Waals surface area contributed by atoms with Crippen molar-refractivity contribution in [1.29, 1.82) is 0 Å². The number of hydrogen-bond donors (Lipinski definition) is 1. The largest absolute Gasteiger partial charge is 0.361 e. The highest BCUT2D eigenvalue weighted by Crippen LogP contribution is 2.32. The fourth-order valence-corrected chi connectivity index (χ4v) is 4.32. The van der Waals surface area contributed by atoms with E-state index in [2.05, 4.69) is 4.98 Å². The summed E-state index contributed by atoms with van der Waals surface area (Å²) in [5.74, 6) is -1.24. The number of H-pyrrole nitrogens is 1. The topological polar surface area (TPSA) is 99.5 Å². The third-order valence-corrected chi connectivity index (χ3v) is 6.21. The number of carbonyl (C=O) groups is 2. The fraction of sp³-hybridized carbons (Fsp3) is 0.273. The van der Waals surface area contributed by atoms with Crippen molar-refractivity contribution in [3.8, 4) is 0 Å². The molecule has 2 amide bonds. The molecule has 4 rings (SSSR count). The molecule has 2 atom stereocenters. The molecule has 0 bridgehead atoms. The van der Waals surface area contributed by atoms with Gasteiger partial charge < -0.3 is 14.8 Å². The molecule has 0 aliphatic carbocycles. The summed E-state index contributed by atoms with van der Waals surface area (Å²) in [7, 11) is 3.13. The molecule has 1 aliphatic heterocycles. The molecule has 3 aromatic rings. The van der Waals surface area contributed by atoms with Gasteiger partial charge in [-0.15, -0.1) is 0 Å². The zero-order chi connectivity index (χ0) is 23.2. The van der Waals surface area contributed by atoms with Crippen LogP contribution in [0, 0.1) is 15.9 Å². The van der Waals surface area contributed by atoms with E-state index in [1.54, 1.807) is 26.2 Å². The molecule has 10 heteroatoms. The van der Waals surface area contributed by atoms with Gasteiger partial charge in [0.05, 0.1) is 21.9 Å². The Kier molecular flexibility index (Phi) is 5.60. The Balaban J connectivity index is 1.62. The number of aromatic amines is 1. The number of nitro benzene ring substituents is 1. The molecule has 1 aromatic heterocycles. The second-order valence-electron chi connectivity index (χ2n) is 7.88. The zero-order valence-electron chi connectivity index (χ0n) is 17.3. The van der Waals surface area contributed by atoms with Gasteiger partial charge in [-0.25, -0.2) is 4.39 Å². The number of likely N-dealkylation sites (N-methyl/N-ethyl adjacent to an activating group) is 2. The summed E-state index contributed by atoms with van der Waals surface area (Å²) in [4.78, 5) is 42.7. The fourth-order valence-electron chi connectivity index (χ4n) is 4.19. The minimum atomic E-state index is -0.836. The van der Waals surface area contributed by atoms with Crippen molar-refractivity contribution in [2.45, 2.75) is 24.9 Å². The van der Waals surface area contributed by atoms with E-state index in [0.29, 0.717) is 17.0 Å². The van der Waals surface area contributed by atoms with E-state index >= 15 is 0 Å². The van der Waals surface area contributed by atoms with Crippen LogP contribution in [0.3, 0.4) is 0 Å². The number of nitrogens with one attached hydrogen (secondary N) is 1. The summed E-state index contributed by atoms with van der Waals surface area (Å²) < 4.78 is 13.8. The van der Waals surface area contributed by atoms with Crippen LogP contribution in [-0.4, -0.2) is 57.7 Å². The third-order valence-electron chi connectivity index (χ3n) is 5.96. The lowest BCUT2D eigenvalue weighted by Gasteiger charge is -2.42. The van der Waals surface area contributed by atoms with Crippen molar-refractivity contribution in [3.05, 3.63) is 74.7 Å². The van der Waals surface area contributed by atoms with E-state index in [-0.39, 0.29) is 34.8 Å². The van der Waals surface area contributed by atoms with Crippen molar-refractivity contribution in [3.63, 3.8) is 0 Å². The van der Waals surface area contributed by atoms with Crippen LogP contribution in [0.4, 0.5) is 10.1 Å². The highest BCUT2D eigenvalue weighted by molar-refractivity contribution is 6.30. The molecule has 166 valence electrons. The molecule has 0 saturated carbocycles. The summed E-state index contributed by atoms with van der Waals surface area (Å²) >= 11 is 5.92. The maximum atomic E-state index is 13.8. The highest BCUT2D eigenvalue weighted by atomic mass is 35.5. The van der Waals surface area contributed by atoms with Crippen molar-refractivity contribution in [2.24, 2.45) is 0 Å². The molecule has 1 N–H and O–H groups in total. The average molecular weight is 459 g/mol. The lowest BCUT2D eigenvalue weighted by molar-refractivity contribution is -0.383. The van der Waals surface area contributed by atoms with Crippen LogP contribution >= 0.6 is 11.6 Å². The smallest absolute Gasteiger partial charge is 0.281 e. The van der Waals surface area contributed by atoms with Gasteiger partial charge in [0.2, 0.25) is 11.8 Å². The minimum Gasteiger partial charge on any atom is -0.361 e. The third kappa shape index (κ3) is 3.80. The van der Waals surface area contributed by atoms with Gasteiger partial charge in [0, 0.05) is 38.2 Å². The molecular weight excluding hydrogens is 439 g/mol. The number of nitro groups is 1. The van der Waals surface area contributed by atoms with E-state index in [1.165, 1.54) is 16.0 Å². The number of amides is 2. The number of rotatable bonds is 5. The Morgan fingerprint density at radius 3 is 2.25 bits per heavy atom. The lowest BCUT2D eigenvalue weighted by Crippen LogP contribution is -2.63. The summed E-state index contributed by atoms with van der Waals surface area (Å²) in [6, 6.07) is 7.59. The molecule has 2 heterocycles. The van der Waals surface area contributed by atoms with Gasteiger partial charge in [-0.2, -0.15) is 0 Å². The molecule has 1 saturated heterocycles. The predicted molar refractivity (Wildman–Crippen MR) is 117 cm³/mol. The second kappa shape index (κ2) is 8.23. The molecule has 8 nitrogen and oxygen atoms in total. The Morgan fingerprint density at radius 1 is 1.06 bits per heavy atom. The van der Waals surface area contributed by atoms with Gasteiger partial charge in [-0.1, -0.05) is 23.7 Å². The van der Waals surface area contributed by atoms with Crippen LogP contribution in [0.5, 0.6) is 0 Å². The highest BCUT2D eigenvalue weighted by Gasteiger charge is 2.42. The van der Waals surface area contributed by atoms with Gasteiger partial charge in [0.15, 0.2) is 0 Å². The van der Waals surface area contributed by atoms with E-state index in [4.69, 9.17) is 11.6 Å². The summed E-state index contributed by atoms with van der Waals surface area (Å²) in [5.41, 5.74) is 1.21. The number of nitrogens with zero attached hydrogens (tertiary/aromatic N) is 3. The Hall–Kier alpha value is -3.46. The molecule has 0 radical (unpaired) electrons. The first-order valence-corrected chi connectivity index (χ1v) is 10.3. The maximum Gasteiger partial charge on any atom is 0.281 e. The van der Waals surface area contributed by atoms with E-state index in [9.17, 15) is 24.1 Å². The Labute approximate surface area is 187 Å². The number of non-ortho nitro benzene ring substituents is 1. The number of halogens is 2. The monoisotopic (exact) mass is 458 g/mol. The number of carbonyl (C=O) groups excluding carboxylic acids is 2. The van der Waals surface area contributed by atoms with Crippen molar-refractivity contribution >= 4 is 40.0 Å². The summed E-state index contributed by atoms with van der Waals surface area (Å²) in [6.07, 6.45) is 1.92. The molecule has 0 unspecified atom stereocenters. The van der Waals surface area contributed by atoms with Gasteiger partial charge in [0.1, 0.15) is 17.9 Å². The van der Waals surface area contributed by atoms with Crippen LogP contribution in [-0.2, 0) is 22.4 Å². The van der Waals surface area contributed by atoms with E-state index < -0.39 is 22.8 Å². The molecule has 1 aliphatic rings. The van der Waals surface area contributed by atoms with Gasteiger partial charge >= 0.3 is 0 Å². The first-order valence-electron chi connectivity index (χ1n) is 9.89. The Bertz CT molecular complexity index is 1230. The van der Waals surface area contributed by atoms with Crippen molar-refractivity contribution < 1.29 is 18.9 Å². The molecular formula is C22H20ClFN4O4. The minimum absolute atomic E-state index is 0.0611. The van der Waals surface area contributed by atoms with E-state index in [1.807, 2.05) is 12.1 Å². The van der Waals surface area contributed by atoms with Crippen LogP contribution in [0.1, 0.15) is 11.1 Å². The molecule has 2 aromatic carbocycles. The molecule has 1 fully saturated rings. The number of fused-ring (bicyclic) bond motifs is 1. The van der Waals surface area contributed by atoms with Crippen LogP contribution in [0.25, 0.3) is 10.9 Å². The number of aromatic nitrogens is 1. The lowest BCUT2D eigenvalue weighted by atomic mass is 9.95. The second-order valence-corrected chi connectivity index (χ2v) is 8.32.